The number of nitrogens with zero attached hydrogens (tertiary/aromatic N) is 1. The summed E-state index contributed by atoms with van der Waals surface area (Å²) in [5, 5.41) is 3.79. The van der Waals surface area contributed by atoms with E-state index in [1.807, 2.05) is 37.2 Å². The monoisotopic (exact) mass is 304 g/mol. The normalized spacial score (nSPS) is 13.3. The zero-order valence-corrected chi connectivity index (χ0v) is 13.3. The molecule has 1 N–H and O–H groups in total. The SMILES string of the molecule is CNC(C)c1ccc(N(C)CCS(C)(=O)=O)c(Cl)c1. The Bertz CT molecular complexity index is 531. The van der Waals surface area contributed by atoms with Gasteiger partial charge < -0.3 is 10.2 Å². The second kappa shape index (κ2) is 6.59. The van der Waals surface area contributed by atoms with Gasteiger partial charge in [-0.2, -0.15) is 0 Å². The molecule has 0 saturated heterocycles. The molecule has 1 aromatic carbocycles. The molecule has 0 heterocycles. The maximum absolute atomic E-state index is 11.2. The largest absolute Gasteiger partial charge is 0.372 e. The molecular formula is C13H21ClN2O2S. The molecule has 0 radical (unpaired) electrons. The maximum Gasteiger partial charge on any atom is 0.149 e. The second-order valence-corrected chi connectivity index (χ2v) is 7.44. The molecule has 0 saturated carbocycles. The van der Waals surface area contributed by atoms with Gasteiger partial charge in [0.05, 0.1) is 16.5 Å². The van der Waals surface area contributed by atoms with Crippen LogP contribution in [0.5, 0.6) is 0 Å². The number of nitrogens with one attached hydrogen (secondary N) is 1. The van der Waals surface area contributed by atoms with Crippen molar-refractivity contribution in [3.05, 3.63) is 28.8 Å². The van der Waals surface area contributed by atoms with Crippen LogP contribution in [0.4, 0.5) is 5.69 Å². The van der Waals surface area contributed by atoms with Crippen molar-refractivity contribution in [2.24, 2.45) is 0 Å². The third-order valence-electron chi connectivity index (χ3n) is 3.11. The molecule has 108 valence electrons. The lowest BCUT2D eigenvalue weighted by Gasteiger charge is -2.21. The standard InChI is InChI=1S/C13H21ClN2O2S/c1-10(15-2)11-5-6-13(12(14)9-11)16(3)7-8-19(4,17)18/h5-6,9-10,15H,7-8H2,1-4H3. The molecule has 0 aliphatic carbocycles. The molecule has 19 heavy (non-hydrogen) atoms. The van der Waals surface area contributed by atoms with E-state index in [4.69, 9.17) is 11.6 Å². The summed E-state index contributed by atoms with van der Waals surface area (Å²) in [6.45, 7) is 2.48. The van der Waals surface area contributed by atoms with Crippen LogP contribution in [0, 0.1) is 0 Å². The lowest BCUT2D eigenvalue weighted by molar-refractivity contribution is 0.601. The Labute approximate surface area is 120 Å². The molecule has 0 fully saturated rings. The zero-order valence-electron chi connectivity index (χ0n) is 11.8. The van der Waals surface area contributed by atoms with E-state index in [1.54, 1.807) is 0 Å². The van der Waals surface area contributed by atoms with Crippen LogP contribution in [-0.2, 0) is 9.84 Å². The third-order valence-corrected chi connectivity index (χ3v) is 4.34. The number of halogens is 1. The summed E-state index contributed by atoms with van der Waals surface area (Å²) >= 11 is 6.26. The molecule has 1 rings (SSSR count). The highest BCUT2D eigenvalue weighted by atomic mass is 35.5. The van der Waals surface area contributed by atoms with Gasteiger partial charge in [-0.05, 0) is 31.7 Å². The summed E-state index contributed by atoms with van der Waals surface area (Å²) in [6.07, 6.45) is 1.24. The summed E-state index contributed by atoms with van der Waals surface area (Å²) < 4.78 is 22.3. The van der Waals surface area contributed by atoms with Gasteiger partial charge >= 0.3 is 0 Å². The predicted molar refractivity (Wildman–Crippen MR) is 81.9 cm³/mol. The summed E-state index contributed by atoms with van der Waals surface area (Å²) in [7, 11) is 0.774. The van der Waals surface area contributed by atoms with Crippen LogP contribution in [0.1, 0.15) is 18.5 Å². The summed E-state index contributed by atoms with van der Waals surface area (Å²) in [5.74, 6) is 0.120. The Morgan fingerprint density at radius 3 is 2.53 bits per heavy atom. The molecule has 0 aromatic heterocycles. The first kappa shape index (κ1) is 16.3. The fourth-order valence-electron chi connectivity index (χ4n) is 1.69. The quantitative estimate of drug-likeness (QED) is 0.874. The van der Waals surface area contributed by atoms with Crippen molar-refractivity contribution in [3.8, 4) is 0 Å². The van der Waals surface area contributed by atoms with E-state index in [0.717, 1.165) is 11.3 Å². The van der Waals surface area contributed by atoms with E-state index in [2.05, 4.69) is 12.2 Å². The minimum Gasteiger partial charge on any atom is -0.372 e. The third kappa shape index (κ3) is 5.01. The number of hydrogen-bond acceptors (Lipinski definition) is 4. The number of benzene rings is 1. The van der Waals surface area contributed by atoms with Crippen LogP contribution in [0.15, 0.2) is 18.2 Å². The Kier molecular flexibility index (Phi) is 5.64. The van der Waals surface area contributed by atoms with Gasteiger partial charge in [-0.25, -0.2) is 8.42 Å². The van der Waals surface area contributed by atoms with Crippen LogP contribution in [-0.4, -0.2) is 41.1 Å². The number of hydrogen-bond donors (Lipinski definition) is 1. The molecule has 1 unspecified atom stereocenters. The molecule has 4 nitrogen and oxygen atoms in total. The highest BCUT2D eigenvalue weighted by Crippen LogP contribution is 2.28. The molecule has 0 spiro atoms. The molecule has 0 aliphatic rings. The van der Waals surface area contributed by atoms with Crippen LogP contribution in [0.25, 0.3) is 0 Å². The van der Waals surface area contributed by atoms with Gasteiger partial charge in [-0.3, -0.25) is 0 Å². The summed E-state index contributed by atoms with van der Waals surface area (Å²) in [4.78, 5) is 1.86. The fourth-order valence-corrected chi connectivity index (χ4v) is 2.63. The molecular weight excluding hydrogens is 284 g/mol. The molecule has 0 bridgehead atoms. The Morgan fingerprint density at radius 2 is 2.05 bits per heavy atom. The van der Waals surface area contributed by atoms with Gasteiger partial charge in [0.15, 0.2) is 0 Å². The van der Waals surface area contributed by atoms with Crippen molar-refractivity contribution >= 4 is 27.1 Å². The zero-order chi connectivity index (χ0) is 14.6. The fraction of sp³-hybridized carbons (Fsp3) is 0.538. The highest BCUT2D eigenvalue weighted by molar-refractivity contribution is 7.90. The van der Waals surface area contributed by atoms with Gasteiger partial charge in [-0.15, -0.1) is 0 Å². The highest BCUT2D eigenvalue weighted by Gasteiger charge is 2.11. The average Bonchev–Trinajstić information content (AvgIpc) is 2.34. The number of anilines is 1. The van der Waals surface area contributed by atoms with Crippen molar-refractivity contribution < 1.29 is 8.42 Å². The van der Waals surface area contributed by atoms with Gasteiger partial charge in [0.2, 0.25) is 0 Å². The molecule has 1 atom stereocenters. The first-order valence-corrected chi connectivity index (χ1v) is 8.54. The lowest BCUT2D eigenvalue weighted by atomic mass is 10.1. The van der Waals surface area contributed by atoms with Crippen LogP contribution in [0.3, 0.4) is 0 Å². The summed E-state index contributed by atoms with van der Waals surface area (Å²) in [5.41, 5.74) is 1.95. The first-order chi connectivity index (χ1) is 8.74. The smallest absolute Gasteiger partial charge is 0.149 e. The van der Waals surface area contributed by atoms with E-state index in [0.29, 0.717) is 11.6 Å². The van der Waals surface area contributed by atoms with Crippen molar-refractivity contribution in [2.75, 3.05) is 37.5 Å². The second-order valence-electron chi connectivity index (χ2n) is 4.77. The van der Waals surface area contributed by atoms with Crippen molar-refractivity contribution in [1.29, 1.82) is 0 Å². The van der Waals surface area contributed by atoms with Crippen LogP contribution in [0.2, 0.25) is 5.02 Å². The predicted octanol–water partition coefficient (Wildman–Crippen LogP) is 2.10. The number of rotatable bonds is 6. The van der Waals surface area contributed by atoms with Crippen LogP contribution >= 0.6 is 11.6 Å². The van der Waals surface area contributed by atoms with Crippen molar-refractivity contribution in [1.82, 2.24) is 5.32 Å². The Balaban J connectivity index is 2.84. The van der Waals surface area contributed by atoms with E-state index in [-0.39, 0.29) is 11.8 Å². The van der Waals surface area contributed by atoms with E-state index in [9.17, 15) is 8.42 Å². The van der Waals surface area contributed by atoms with Gasteiger partial charge in [0, 0.05) is 25.9 Å². The minimum absolute atomic E-state index is 0.120. The lowest BCUT2D eigenvalue weighted by Crippen LogP contribution is -2.25. The number of sulfone groups is 1. The Hall–Kier alpha value is -0.780. The Morgan fingerprint density at radius 1 is 1.42 bits per heavy atom. The molecule has 0 aliphatic heterocycles. The summed E-state index contributed by atoms with van der Waals surface area (Å²) in [6, 6.07) is 6.06. The van der Waals surface area contributed by atoms with Gasteiger partial charge in [0.25, 0.3) is 0 Å². The molecule has 0 amide bonds. The van der Waals surface area contributed by atoms with Crippen molar-refractivity contribution in [2.45, 2.75) is 13.0 Å². The van der Waals surface area contributed by atoms with E-state index < -0.39 is 9.84 Å². The first-order valence-electron chi connectivity index (χ1n) is 6.10. The van der Waals surface area contributed by atoms with E-state index in [1.165, 1.54) is 6.26 Å². The minimum atomic E-state index is -2.96. The topological polar surface area (TPSA) is 49.4 Å². The van der Waals surface area contributed by atoms with Gasteiger partial charge in [0.1, 0.15) is 9.84 Å². The van der Waals surface area contributed by atoms with E-state index >= 15 is 0 Å². The maximum atomic E-state index is 11.2. The molecule has 6 heteroatoms. The van der Waals surface area contributed by atoms with Crippen LogP contribution < -0.4 is 10.2 Å². The average molecular weight is 305 g/mol. The van der Waals surface area contributed by atoms with Gasteiger partial charge in [-0.1, -0.05) is 17.7 Å². The molecule has 1 aromatic rings. The van der Waals surface area contributed by atoms with Crippen molar-refractivity contribution in [3.63, 3.8) is 0 Å².